The molecule has 2 aromatic heterocycles. The van der Waals surface area contributed by atoms with Gasteiger partial charge < -0.3 is 0 Å². The Labute approximate surface area is 133 Å². The zero-order chi connectivity index (χ0) is 15.1. The predicted octanol–water partition coefficient (Wildman–Crippen LogP) is 3.66. The maximum atomic E-state index is 5.94. The van der Waals surface area contributed by atoms with Crippen molar-refractivity contribution in [1.29, 1.82) is 0 Å². The largest absolute Gasteiger partial charge is 0.241 e. The summed E-state index contributed by atoms with van der Waals surface area (Å²) >= 11 is 5.94. The normalized spacial score (nSPS) is 12.6. The third-order valence-corrected chi connectivity index (χ3v) is 4.09. The van der Waals surface area contributed by atoms with E-state index in [1.54, 1.807) is 0 Å². The Balaban J connectivity index is 1.85. The number of aryl methyl sites for hydroxylation is 3. The van der Waals surface area contributed by atoms with Crippen molar-refractivity contribution in [2.45, 2.75) is 19.8 Å². The Kier molecular flexibility index (Phi) is 3.12. The molecule has 0 radical (unpaired) electrons. The minimum atomic E-state index is 0.698. The van der Waals surface area contributed by atoms with Gasteiger partial charge in [0.15, 0.2) is 5.82 Å². The Morgan fingerprint density at radius 3 is 2.59 bits per heavy atom. The second kappa shape index (κ2) is 5.14. The molecule has 0 bridgehead atoms. The first-order valence-corrected chi connectivity index (χ1v) is 7.53. The lowest BCUT2D eigenvalue weighted by atomic mass is 9.94. The van der Waals surface area contributed by atoms with E-state index in [4.69, 9.17) is 16.6 Å². The predicted molar refractivity (Wildman–Crippen MR) is 85.6 cm³/mol. The molecule has 0 saturated carbocycles. The highest BCUT2D eigenvalue weighted by Crippen LogP contribution is 2.31. The summed E-state index contributed by atoms with van der Waals surface area (Å²) in [6, 6.07) is 7.55. The van der Waals surface area contributed by atoms with Crippen molar-refractivity contribution in [2.75, 3.05) is 0 Å². The third-order valence-electron chi connectivity index (χ3n) is 3.84. The molecule has 5 heteroatoms. The van der Waals surface area contributed by atoms with E-state index in [0.717, 1.165) is 46.7 Å². The van der Waals surface area contributed by atoms with Gasteiger partial charge in [-0.2, -0.15) is 0 Å². The number of aromatic nitrogens is 4. The number of hydrogen-bond donors (Lipinski definition) is 0. The molecule has 0 atom stereocenters. The van der Waals surface area contributed by atoms with Crippen LogP contribution in [-0.4, -0.2) is 19.9 Å². The van der Waals surface area contributed by atoms with Crippen molar-refractivity contribution >= 4 is 11.6 Å². The van der Waals surface area contributed by atoms with E-state index >= 15 is 0 Å². The summed E-state index contributed by atoms with van der Waals surface area (Å²) in [4.78, 5) is 18.1. The second-order valence-electron chi connectivity index (χ2n) is 5.35. The maximum absolute atomic E-state index is 5.94. The minimum Gasteiger partial charge on any atom is -0.241 e. The van der Waals surface area contributed by atoms with Gasteiger partial charge >= 0.3 is 0 Å². The molecule has 0 amide bonds. The summed E-state index contributed by atoms with van der Waals surface area (Å²) in [7, 11) is 0. The standard InChI is InChI=1S/C17H13ClN4/c1-10-19-9-14-15(21-10)7-4-12-8-20-17(22-16(12)14)11-2-5-13(18)6-3-11/h2-3,5-6,8-9H,4,7H2,1H3. The van der Waals surface area contributed by atoms with Crippen LogP contribution in [0.2, 0.25) is 5.02 Å². The molecule has 2 heterocycles. The number of rotatable bonds is 1. The van der Waals surface area contributed by atoms with E-state index in [2.05, 4.69) is 15.0 Å². The van der Waals surface area contributed by atoms with Crippen molar-refractivity contribution < 1.29 is 0 Å². The van der Waals surface area contributed by atoms with Crippen LogP contribution < -0.4 is 0 Å². The highest BCUT2D eigenvalue weighted by Gasteiger charge is 2.20. The zero-order valence-corrected chi connectivity index (χ0v) is 12.8. The second-order valence-corrected chi connectivity index (χ2v) is 5.79. The lowest BCUT2D eigenvalue weighted by Gasteiger charge is -2.18. The summed E-state index contributed by atoms with van der Waals surface area (Å²) < 4.78 is 0. The summed E-state index contributed by atoms with van der Waals surface area (Å²) in [5.74, 6) is 1.50. The Hall–Kier alpha value is -2.33. The summed E-state index contributed by atoms with van der Waals surface area (Å²) in [5.41, 5.74) is 5.14. The maximum Gasteiger partial charge on any atom is 0.159 e. The molecular formula is C17H13ClN4. The molecule has 0 unspecified atom stereocenters. The molecule has 0 fully saturated rings. The van der Waals surface area contributed by atoms with Crippen LogP contribution in [0.1, 0.15) is 17.1 Å². The number of halogens is 1. The van der Waals surface area contributed by atoms with Gasteiger partial charge in [0.2, 0.25) is 0 Å². The molecule has 1 aliphatic carbocycles. The lowest BCUT2D eigenvalue weighted by Crippen LogP contribution is -2.10. The SMILES string of the molecule is Cc1ncc2c(n1)CCc1cnc(-c3ccc(Cl)cc3)nc1-2. The summed E-state index contributed by atoms with van der Waals surface area (Å²) in [6.07, 6.45) is 5.61. The molecule has 22 heavy (non-hydrogen) atoms. The van der Waals surface area contributed by atoms with Crippen molar-refractivity contribution in [2.24, 2.45) is 0 Å². The van der Waals surface area contributed by atoms with Crippen LogP contribution in [0.25, 0.3) is 22.6 Å². The number of fused-ring (bicyclic) bond motifs is 3. The van der Waals surface area contributed by atoms with Gasteiger partial charge in [-0.3, -0.25) is 0 Å². The van der Waals surface area contributed by atoms with Crippen LogP contribution in [-0.2, 0) is 12.8 Å². The van der Waals surface area contributed by atoms with Crippen LogP contribution in [0.5, 0.6) is 0 Å². The first-order valence-electron chi connectivity index (χ1n) is 7.15. The van der Waals surface area contributed by atoms with Crippen LogP contribution in [0, 0.1) is 6.92 Å². The Morgan fingerprint density at radius 2 is 1.77 bits per heavy atom. The van der Waals surface area contributed by atoms with E-state index in [9.17, 15) is 0 Å². The molecule has 0 aliphatic heterocycles. The van der Waals surface area contributed by atoms with Gasteiger partial charge in [0.25, 0.3) is 0 Å². The summed E-state index contributed by atoms with van der Waals surface area (Å²) in [5, 5.41) is 0.705. The van der Waals surface area contributed by atoms with E-state index in [-0.39, 0.29) is 0 Å². The first kappa shape index (κ1) is 13.3. The van der Waals surface area contributed by atoms with Gasteiger partial charge in [-0.1, -0.05) is 11.6 Å². The van der Waals surface area contributed by atoms with Gasteiger partial charge in [0.05, 0.1) is 11.4 Å². The average Bonchev–Trinajstić information content (AvgIpc) is 2.54. The molecule has 0 saturated heterocycles. The van der Waals surface area contributed by atoms with Crippen molar-refractivity contribution in [1.82, 2.24) is 19.9 Å². The fraction of sp³-hybridized carbons (Fsp3) is 0.176. The van der Waals surface area contributed by atoms with Crippen LogP contribution in [0.3, 0.4) is 0 Å². The third kappa shape index (κ3) is 2.25. The number of benzene rings is 1. The molecule has 4 nitrogen and oxygen atoms in total. The fourth-order valence-electron chi connectivity index (χ4n) is 2.72. The first-order chi connectivity index (χ1) is 10.7. The molecule has 1 aliphatic rings. The zero-order valence-electron chi connectivity index (χ0n) is 12.0. The molecular weight excluding hydrogens is 296 g/mol. The van der Waals surface area contributed by atoms with Crippen molar-refractivity contribution in [3.63, 3.8) is 0 Å². The van der Waals surface area contributed by atoms with Crippen LogP contribution >= 0.6 is 11.6 Å². The summed E-state index contributed by atoms with van der Waals surface area (Å²) in [6.45, 7) is 1.91. The Morgan fingerprint density at radius 1 is 0.955 bits per heavy atom. The molecule has 0 N–H and O–H groups in total. The van der Waals surface area contributed by atoms with E-state index in [0.29, 0.717) is 10.8 Å². The van der Waals surface area contributed by atoms with Gasteiger partial charge in [-0.15, -0.1) is 0 Å². The molecule has 0 spiro atoms. The fourth-order valence-corrected chi connectivity index (χ4v) is 2.85. The van der Waals surface area contributed by atoms with E-state index < -0.39 is 0 Å². The van der Waals surface area contributed by atoms with E-state index in [1.807, 2.05) is 43.6 Å². The van der Waals surface area contributed by atoms with Crippen LogP contribution in [0.4, 0.5) is 0 Å². The van der Waals surface area contributed by atoms with Crippen molar-refractivity contribution in [3.05, 3.63) is 58.8 Å². The topological polar surface area (TPSA) is 51.6 Å². The van der Waals surface area contributed by atoms with Crippen LogP contribution in [0.15, 0.2) is 36.7 Å². The molecule has 1 aromatic carbocycles. The van der Waals surface area contributed by atoms with Gasteiger partial charge in [-0.25, -0.2) is 19.9 Å². The molecule has 4 rings (SSSR count). The average molecular weight is 309 g/mol. The van der Waals surface area contributed by atoms with Gasteiger partial charge in [-0.05, 0) is 49.6 Å². The monoisotopic (exact) mass is 308 g/mol. The number of hydrogen-bond acceptors (Lipinski definition) is 4. The molecule has 3 aromatic rings. The molecule has 108 valence electrons. The number of nitrogens with zero attached hydrogens (tertiary/aromatic N) is 4. The van der Waals surface area contributed by atoms with Crippen molar-refractivity contribution in [3.8, 4) is 22.6 Å². The Bertz CT molecular complexity index is 859. The van der Waals surface area contributed by atoms with Gasteiger partial charge in [0.1, 0.15) is 5.82 Å². The quantitative estimate of drug-likeness (QED) is 0.688. The van der Waals surface area contributed by atoms with E-state index in [1.165, 1.54) is 0 Å². The smallest absolute Gasteiger partial charge is 0.159 e. The lowest BCUT2D eigenvalue weighted by molar-refractivity contribution is 0.848. The van der Waals surface area contributed by atoms with Gasteiger partial charge in [0, 0.05) is 28.5 Å². The minimum absolute atomic E-state index is 0.698. The highest BCUT2D eigenvalue weighted by molar-refractivity contribution is 6.30. The highest BCUT2D eigenvalue weighted by atomic mass is 35.5.